The quantitative estimate of drug-likeness (QED) is 0.626. The van der Waals surface area contributed by atoms with E-state index in [0.29, 0.717) is 6.61 Å². The lowest BCUT2D eigenvalue weighted by atomic mass is 10.1. The summed E-state index contributed by atoms with van der Waals surface area (Å²) in [5.74, 6) is -0.156. The normalized spacial score (nSPS) is 24.6. The van der Waals surface area contributed by atoms with Gasteiger partial charge in [0, 0.05) is 17.8 Å². The SMILES string of the molecule is Fc1ccc2c(c1)N1CCC[C@H]1OC2. The Bertz CT molecular complexity index is 366. The van der Waals surface area contributed by atoms with Crippen LogP contribution in [-0.2, 0) is 11.3 Å². The molecule has 2 heterocycles. The smallest absolute Gasteiger partial charge is 0.130 e. The molecule has 0 N–H and O–H groups in total. The highest BCUT2D eigenvalue weighted by atomic mass is 19.1. The third-order valence-corrected chi connectivity index (χ3v) is 2.99. The number of fused-ring (bicyclic) bond motifs is 3. The Labute approximate surface area is 82.3 Å². The number of halogens is 1. The van der Waals surface area contributed by atoms with Gasteiger partial charge in [0.1, 0.15) is 12.0 Å². The Balaban J connectivity index is 2.07. The Kier molecular flexibility index (Phi) is 1.74. The second-order valence-corrected chi connectivity index (χ2v) is 3.87. The molecule has 0 saturated carbocycles. The van der Waals surface area contributed by atoms with Crippen LogP contribution < -0.4 is 4.90 Å². The topological polar surface area (TPSA) is 12.5 Å². The van der Waals surface area contributed by atoms with Crippen LogP contribution in [0.25, 0.3) is 0 Å². The van der Waals surface area contributed by atoms with Gasteiger partial charge in [0.2, 0.25) is 0 Å². The molecule has 1 saturated heterocycles. The van der Waals surface area contributed by atoms with E-state index in [2.05, 4.69) is 4.90 Å². The standard InChI is InChI=1S/C11H12FNO/c12-9-4-3-8-7-14-11-2-1-5-13(11)10(8)6-9/h3-4,6,11H,1-2,5,7H2/t11-/m1/s1. The zero-order chi connectivity index (χ0) is 9.54. The molecule has 0 spiro atoms. The molecule has 2 aliphatic heterocycles. The molecule has 3 heteroatoms. The first-order chi connectivity index (χ1) is 6.84. The molecule has 1 aromatic carbocycles. The summed E-state index contributed by atoms with van der Waals surface area (Å²) in [7, 11) is 0. The van der Waals surface area contributed by atoms with Crippen LogP contribution in [0.15, 0.2) is 18.2 Å². The Morgan fingerprint density at radius 1 is 1.43 bits per heavy atom. The highest BCUT2D eigenvalue weighted by Gasteiger charge is 2.30. The van der Waals surface area contributed by atoms with Crippen molar-refractivity contribution in [2.75, 3.05) is 11.4 Å². The van der Waals surface area contributed by atoms with Gasteiger partial charge in [-0.1, -0.05) is 6.07 Å². The monoisotopic (exact) mass is 193 g/mol. The molecule has 74 valence electrons. The molecule has 1 atom stereocenters. The van der Waals surface area contributed by atoms with E-state index in [0.717, 1.165) is 30.6 Å². The maximum atomic E-state index is 13.1. The van der Waals surface area contributed by atoms with Gasteiger partial charge in [-0.3, -0.25) is 0 Å². The number of ether oxygens (including phenoxy) is 1. The number of hydrogen-bond acceptors (Lipinski definition) is 2. The Morgan fingerprint density at radius 3 is 3.29 bits per heavy atom. The average molecular weight is 193 g/mol. The van der Waals surface area contributed by atoms with E-state index in [1.807, 2.05) is 6.07 Å². The van der Waals surface area contributed by atoms with Crippen molar-refractivity contribution in [2.45, 2.75) is 25.7 Å². The van der Waals surface area contributed by atoms with Gasteiger partial charge in [-0.25, -0.2) is 4.39 Å². The third kappa shape index (κ3) is 1.12. The summed E-state index contributed by atoms with van der Waals surface area (Å²) in [6.45, 7) is 1.61. The predicted octanol–water partition coefficient (Wildman–Crippen LogP) is 2.28. The first kappa shape index (κ1) is 8.24. The van der Waals surface area contributed by atoms with Crippen LogP contribution in [0.3, 0.4) is 0 Å². The third-order valence-electron chi connectivity index (χ3n) is 2.99. The summed E-state index contributed by atoms with van der Waals surface area (Å²) >= 11 is 0. The van der Waals surface area contributed by atoms with Crippen molar-refractivity contribution < 1.29 is 9.13 Å². The Morgan fingerprint density at radius 2 is 2.36 bits per heavy atom. The van der Waals surface area contributed by atoms with Crippen LogP contribution in [0.2, 0.25) is 0 Å². The fourth-order valence-corrected chi connectivity index (χ4v) is 2.30. The minimum Gasteiger partial charge on any atom is -0.354 e. The second kappa shape index (κ2) is 2.95. The predicted molar refractivity (Wildman–Crippen MR) is 51.6 cm³/mol. The molecule has 2 nitrogen and oxygen atoms in total. The van der Waals surface area contributed by atoms with Gasteiger partial charge in [-0.05, 0) is 25.0 Å². The van der Waals surface area contributed by atoms with E-state index in [1.54, 1.807) is 6.07 Å². The maximum absolute atomic E-state index is 13.1. The molecular formula is C11H12FNO. The van der Waals surface area contributed by atoms with Gasteiger partial charge in [0.05, 0.1) is 6.61 Å². The van der Waals surface area contributed by atoms with E-state index < -0.39 is 0 Å². The number of nitrogens with zero attached hydrogens (tertiary/aromatic N) is 1. The van der Waals surface area contributed by atoms with Crippen LogP contribution in [0.5, 0.6) is 0 Å². The van der Waals surface area contributed by atoms with Crippen LogP contribution in [0, 0.1) is 5.82 Å². The molecule has 0 aliphatic carbocycles. The van der Waals surface area contributed by atoms with Crippen molar-refractivity contribution in [3.8, 4) is 0 Å². The fourth-order valence-electron chi connectivity index (χ4n) is 2.30. The van der Waals surface area contributed by atoms with Gasteiger partial charge < -0.3 is 9.64 Å². The summed E-state index contributed by atoms with van der Waals surface area (Å²) < 4.78 is 18.8. The molecule has 14 heavy (non-hydrogen) atoms. The zero-order valence-electron chi connectivity index (χ0n) is 7.87. The van der Waals surface area contributed by atoms with Gasteiger partial charge in [-0.15, -0.1) is 0 Å². The minimum absolute atomic E-state index is 0.156. The van der Waals surface area contributed by atoms with Crippen molar-refractivity contribution in [2.24, 2.45) is 0 Å². The maximum Gasteiger partial charge on any atom is 0.130 e. The highest BCUT2D eigenvalue weighted by molar-refractivity contribution is 5.56. The first-order valence-electron chi connectivity index (χ1n) is 5.01. The summed E-state index contributed by atoms with van der Waals surface area (Å²) in [5, 5.41) is 0. The number of anilines is 1. The molecule has 1 fully saturated rings. The van der Waals surface area contributed by atoms with E-state index in [4.69, 9.17) is 4.74 Å². The van der Waals surface area contributed by atoms with Gasteiger partial charge in [-0.2, -0.15) is 0 Å². The minimum atomic E-state index is -0.156. The molecule has 0 unspecified atom stereocenters. The molecule has 0 radical (unpaired) electrons. The Hall–Kier alpha value is -1.09. The summed E-state index contributed by atoms with van der Waals surface area (Å²) in [5.41, 5.74) is 2.13. The summed E-state index contributed by atoms with van der Waals surface area (Å²) in [4.78, 5) is 2.17. The van der Waals surface area contributed by atoms with Crippen molar-refractivity contribution >= 4 is 5.69 Å². The lowest BCUT2D eigenvalue weighted by Crippen LogP contribution is -2.35. The van der Waals surface area contributed by atoms with Crippen LogP contribution in [0.1, 0.15) is 18.4 Å². The van der Waals surface area contributed by atoms with Crippen LogP contribution >= 0.6 is 0 Å². The molecule has 2 aliphatic rings. The van der Waals surface area contributed by atoms with Crippen molar-refractivity contribution in [1.29, 1.82) is 0 Å². The van der Waals surface area contributed by atoms with Crippen molar-refractivity contribution in [3.05, 3.63) is 29.6 Å². The van der Waals surface area contributed by atoms with E-state index in [-0.39, 0.29) is 12.0 Å². The molecule has 3 rings (SSSR count). The molecule has 0 amide bonds. The van der Waals surface area contributed by atoms with Gasteiger partial charge >= 0.3 is 0 Å². The van der Waals surface area contributed by atoms with E-state index >= 15 is 0 Å². The van der Waals surface area contributed by atoms with Gasteiger partial charge in [0.25, 0.3) is 0 Å². The molecular weight excluding hydrogens is 181 g/mol. The van der Waals surface area contributed by atoms with E-state index in [1.165, 1.54) is 6.07 Å². The molecule has 0 bridgehead atoms. The molecule has 1 aromatic rings. The fraction of sp³-hybridized carbons (Fsp3) is 0.455. The second-order valence-electron chi connectivity index (χ2n) is 3.87. The average Bonchev–Trinajstić information content (AvgIpc) is 2.65. The summed E-state index contributed by atoms with van der Waals surface area (Å²) in [6, 6.07) is 4.94. The zero-order valence-corrected chi connectivity index (χ0v) is 7.87. The van der Waals surface area contributed by atoms with Crippen LogP contribution in [0.4, 0.5) is 10.1 Å². The van der Waals surface area contributed by atoms with Gasteiger partial charge in [0.15, 0.2) is 0 Å². The van der Waals surface area contributed by atoms with Crippen molar-refractivity contribution in [1.82, 2.24) is 0 Å². The summed E-state index contributed by atoms with van der Waals surface area (Å²) in [6.07, 6.45) is 2.39. The first-order valence-corrected chi connectivity index (χ1v) is 5.01. The van der Waals surface area contributed by atoms with E-state index in [9.17, 15) is 4.39 Å². The largest absolute Gasteiger partial charge is 0.354 e. The molecule has 0 aromatic heterocycles. The highest BCUT2D eigenvalue weighted by Crippen LogP contribution is 2.34. The number of hydrogen-bond donors (Lipinski definition) is 0. The number of benzene rings is 1. The van der Waals surface area contributed by atoms with Crippen LogP contribution in [-0.4, -0.2) is 12.8 Å². The lowest BCUT2D eigenvalue weighted by molar-refractivity contribution is 0.0383. The number of rotatable bonds is 0. The van der Waals surface area contributed by atoms with Crippen molar-refractivity contribution in [3.63, 3.8) is 0 Å². The lowest BCUT2D eigenvalue weighted by Gasteiger charge is -2.33.